The molecule has 0 saturated heterocycles. The fraction of sp³-hybridized carbons (Fsp3) is 0.0556. The molecule has 0 spiro atoms. The maximum absolute atomic E-state index is 12.2. The van der Waals surface area contributed by atoms with E-state index in [1.807, 2.05) is 60.7 Å². The summed E-state index contributed by atoms with van der Waals surface area (Å²) in [5.41, 5.74) is 4.40. The maximum Gasteiger partial charge on any atom is 0.187 e. The Bertz CT molecular complexity index is 901. The first kappa shape index (κ1) is 12.7. The molecule has 1 heterocycles. The molecule has 0 fully saturated rings. The molecule has 0 amide bonds. The number of aromatic nitrogens is 2. The highest BCUT2D eigenvalue weighted by atomic mass is 16.1. The van der Waals surface area contributed by atoms with Gasteiger partial charge in [-0.25, -0.2) is 9.97 Å². The van der Waals surface area contributed by atoms with E-state index in [1.54, 1.807) is 0 Å². The largest absolute Gasteiger partial charge is 0.354 e. The summed E-state index contributed by atoms with van der Waals surface area (Å²) in [6.45, 7) is 0. The zero-order valence-electron chi connectivity index (χ0n) is 11.8. The Morgan fingerprint density at radius 2 is 1.45 bits per heavy atom. The molecule has 1 aliphatic carbocycles. The molecule has 3 aromatic rings. The zero-order chi connectivity index (χ0) is 14.9. The van der Waals surface area contributed by atoms with Crippen LogP contribution in [-0.4, -0.2) is 15.8 Å². The van der Waals surface area contributed by atoms with Crippen molar-refractivity contribution in [2.45, 2.75) is 6.42 Å². The molecule has 4 heteroatoms. The lowest BCUT2D eigenvalue weighted by atomic mass is 10.0. The number of nitrogens with zero attached hydrogens (tertiary/aromatic N) is 2. The number of nitrogens with one attached hydrogen (secondary N) is 1. The molecule has 0 bridgehead atoms. The van der Waals surface area contributed by atoms with E-state index < -0.39 is 0 Å². The highest BCUT2D eigenvalue weighted by Crippen LogP contribution is 2.26. The summed E-state index contributed by atoms with van der Waals surface area (Å²) in [6, 6.07) is 17.4. The number of anilines is 1. The van der Waals surface area contributed by atoms with Gasteiger partial charge in [0, 0.05) is 12.1 Å². The lowest BCUT2D eigenvalue weighted by Crippen LogP contribution is -2.16. The van der Waals surface area contributed by atoms with Crippen LogP contribution < -0.4 is 5.32 Å². The first-order valence-corrected chi connectivity index (χ1v) is 7.14. The molecular formula is C18H13N3O. The van der Waals surface area contributed by atoms with E-state index in [0.717, 1.165) is 22.4 Å². The molecule has 22 heavy (non-hydrogen) atoms. The molecule has 4 nitrogen and oxygen atoms in total. The van der Waals surface area contributed by atoms with Gasteiger partial charge in [0.15, 0.2) is 5.78 Å². The molecule has 2 aromatic carbocycles. The number of rotatable bonds is 2. The van der Waals surface area contributed by atoms with Crippen molar-refractivity contribution in [2.75, 3.05) is 5.32 Å². The SMILES string of the molecule is O=C1CC=C(Nc2ccccc2)c2nc3ccccc3nc21. The predicted molar refractivity (Wildman–Crippen MR) is 86.5 cm³/mol. The third-order valence-corrected chi connectivity index (χ3v) is 3.63. The number of ketones is 1. The number of carbonyl (C=O) groups is 1. The summed E-state index contributed by atoms with van der Waals surface area (Å²) in [5, 5.41) is 3.33. The van der Waals surface area contributed by atoms with Crippen molar-refractivity contribution in [1.82, 2.24) is 9.97 Å². The van der Waals surface area contributed by atoms with Gasteiger partial charge in [-0.15, -0.1) is 0 Å². The van der Waals surface area contributed by atoms with Crippen molar-refractivity contribution in [1.29, 1.82) is 0 Å². The van der Waals surface area contributed by atoms with Crippen LogP contribution in [-0.2, 0) is 0 Å². The number of Topliss-reactive ketones (excluding diaryl/α,β-unsaturated/α-hetero) is 1. The van der Waals surface area contributed by atoms with Crippen LogP contribution in [0.2, 0.25) is 0 Å². The van der Waals surface area contributed by atoms with Crippen molar-refractivity contribution < 1.29 is 4.79 Å². The molecule has 0 saturated carbocycles. The van der Waals surface area contributed by atoms with Gasteiger partial charge in [0.2, 0.25) is 0 Å². The molecular weight excluding hydrogens is 274 g/mol. The van der Waals surface area contributed by atoms with E-state index in [-0.39, 0.29) is 5.78 Å². The lowest BCUT2D eigenvalue weighted by molar-refractivity contribution is 0.0989. The van der Waals surface area contributed by atoms with Crippen LogP contribution in [0.15, 0.2) is 60.7 Å². The van der Waals surface area contributed by atoms with Crippen molar-refractivity contribution in [3.05, 3.63) is 72.1 Å². The summed E-state index contributed by atoms with van der Waals surface area (Å²) < 4.78 is 0. The molecule has 0 aliphatic heterocycles. The Kier molecular flexibility index (Phi) is 2.93. The van der Waals surface area contributed by atoms with E-state index >= 15 is 0 Å². The smallest absolute Gasteiger partial charge is 0.187 e. The average molecular weight is 287 g/mol. The molecule has 106 valence electrons. The van der Waals surface area contributed by atoms with Gasteiger partial charge in [0.05, 0.1) is 16.7 Å². The van der Waals surface area contributed by atoms with E-state index in [2.05, 4.69) is 15.3 Å². The van der Waals surface area contributed by atoms with Gasteiger partial charge in [-0.2, -0.15) is 0 Å². The summed E-state index contributed by atoms with van der Waals surface area (Å²) in [5.74, 6) is 0.00636. The molecule has 1 aromatic heterocycles. The summed E-state index contributed by atoms with van der Waals surface area (Å²) >= 11 is 0. The molecule has 0 atom stereocenters. The Balaban J connectivity index is 1.83. The Morgan fingerprint density at radius 1 is 0.818 bits per heavy atom. The number of benzene rings is 2. The number of para-hydroxylation sites is 3. The first-order valence-electron chi connectivity index (χ1n) is 7.14. The van der Waals surface area contributed by atoms with Crippen molar-refractivity contribution in [2.24, 2.45) is 0 Å². The van der Waals surface area contributed by atoms with Crippen molar-refractivity contribution in [3.63, 3.8) is 0 Å². The van der Waals surface area contributed by atoms with E-state index in [9.17, 15) is 4.79 Å². The number of fused-ring (bicyclic) bond motifs is 2. The van der Waals surface area contributed by atoms with Gasteiger partial charge in [0.25, 0.3) is 0 Å². The summed E-state index contributed by atoms with van der Waals surface area (Å²) in [6.07, 6.45) is 2.22. The third kappa shape index (κ3) is 2.15. The van der Waals surface area contributed by atoms with Gasteiger partial charge >= 0.3 is 0 Å². The quantitative estimate of drug-likeness (QED) is 0.781. The molecule has 4 rings (SSSR count). The predicted octanol–water partition coefficient (Wildman–Crippen LogP) is 3.67. The standard InChI is InChI=1S/C18H13N3O/c22-16-11-10-15(19-12-6-2-1-3-7-12)17-18(16)21-14-9-5-4-8-13(14)20-17/h1-10,19H,11H2. The van der Waals surface area contributed by atoms with Crippen LogP contribution in [0.1, 0.15) is 22.6 Å². The van der Waals surface area contributed by atoms with Crippen LogP contribution in [0, 0.1) is 0 Å². The first-order chi connectivity index (χ1) is 10.8. The van der Waals surface area contributed by atoms with Crippen molar-refractivity contribution >= 4 is 28.2 Å². The second-order valence-electron chi connectivity index (χ2n) is 5.15. The minimum Gasteiger partial charge on any atom is -0.354 e. The second-order valence-corrected chi connectivity index (χ2v) is 5.15. The third-order valence-electron chi connectivity index (χ3n) is 3.63. The highest BCUT2D eigenvalue weighted by molar-refractivity contribution is 6.05. The van der Waals surface area contributed by atoms with Crippen molar-refractivity contribution in [3.8, 4) is 0 Å². The van der Waals surface area contributed by atoms with E-state index in [0.29, 0.717) is 17.8 Å². The topological polar surface area (TPSA) is 54.9 Å². The van der Waals surface area contributed by atoms with Gasteiger partial charge in [0.1, 0.15) is 11.4 Å². The molecule has 0 radical (unpaired) electrons. The number of hydrogen-bond donors (Lipinski definition) is 1. The van der Waals surface area contributed by atoms with Crippen LogP contribution in [0.4, 0.5) is 5.69 Å². The summed E-state index contributed by atoms with van der Waals surface area (Å²) in [4.78, 5) is 21.3. The fourth-order valence-electron chi connectivity index (χ4n) is 2.56. The Morgan fingerprint density at radius 3 is 2.18 bits per heavy atom. The maximum atomic E-state index is 12.2. The van der Waals surface area contributed by atoms with Gasteiger partial charge < -0.3 is 5.32 Å². The number of hydrogen-bond acceptors (Lipinski definition) is 4. The van der Waals surface area contributed by atoms with Gasteiger partial charge in [-0.3, -0.25) is 4.79 Å². The second kappa shape index (κ2) is 5.07. The number of allylic oxidation sites excluding steroid dienone is 1. The lowest BCUT2D eigenvalue weighted by Gasteiger charge is -2.17. The zero-order valence-corrected chi connectivity index (χ0v) is 11.8. The molecule has 0 unspecified atom stereocenters. The molecule has 1 aliphatic rings. The number of carbonyl (C=O) groups excluding carboxylic acids is 1. The van der Waals surface area contributed by atoms with Gasteiger partial charge in [-0.1, -0.05) is 36.4 Å². The van der Waals surface area contributed by atoms with Crippen LogP contribution in [0.5, 0.6) is 0 Å². The van der Waals surface area contributed by atoms with Crippen LogP contribution >= 0.6 is 0 Å². The van der Waals surface area contributed by atoms with Crippen LogP contribution in [0.3, 0.4) is 0 Å². The fourth-order valence-corrected chi connectivity index (χ4v) is 2.56. The van der Waals surface area contributed by atoms with E-state index in [4.69, 9.17) is 0 Å². The monoisotopic (exact) mass is 287 g/mol. The summed E-state index contributed by atoms with van der Waals surface area (Å²) in [7, 11) is 0. The minimum absolute atomic E-state index is 0.00636. The van der Waals surface area contributed by atoms with Crippen LogP contribution in [0.25, 0.3) is 16.7 Å². The Hall–Kier alpha value is -3.01. The normalized spacial score (nSPS) is 13.6. The average Bonchev–Trinajstić information content (AvgIpc) is 2.57. The molecule has 1 N–H and O–H groups in total. The van der Waals surface area contributed by atoms with E-state index in [1.165, 1.54) is 0 Å². The minimum atomic E-state index is 0.00636. The Labute approximate surface area is 127 Å². The van der Waals surface area contributed by atoms with Gasteiger partial charge in [-0.05, 0) is 24.3 Å². The highest BCUT2D eigenvalue weighted by Gasteiger charge is 2.23.